The first-order chi connectivity index (χ1) is 9.86. The molecule has 7 nitrogen and oxygen atoms in total. The quantitative estimate of drug-likeness (QED) is 0.618. The first-order valence-electron chi connectivity index (χ1n) is 6.63. The highest BCUT2D eigenvalue weighted by molar-refractivity contribution is 5.99. The molecule has 0 radical (unpaired) electrons. The van der Waals surface area contributed by atoms with Gasteiger partial charge in [0, 0.05) is 19.4 Å². The van der Waals surface area contributed by atoms with Crippen LogP contribution in [0.4, 0.5) is 5.82 Å². The fourth-order valence-corrected chi connectivity index (χ4v) is 2.11. The molecule has 0 aliphatic carbocycles. The minimum Gasteiger partial charge on any atom is -0.480 e. The second-order valence-electron chi connectivity index (χ2n) is 4.84. The van der Waals surface area contributed by atoms with Crippen LogP contribution >= 0.6 is 0 Å². The van der Waals surface area contributed by atoms with Crippen LogP contribution in [0, 0.1) is 13.8 Å². The Hall–Kier alpha value is -2.15. The number of carbonyl (C=O) groups is 2. The summed E-state index contributed by atoms with van der Waals surface area (Å²) in [6.07, 6.45) is 0.938. The number of aryl methyl sites for hydroxylation is 2. The average molecular weight is 295 g/mol. The lowest BCUT2D eigenvalue weighted by atomic mass is 10.1. The Kier molecular flexibility index (Phi) is 6.10. The van der Waals surface area contributed by atoms with Crippen LogP contribution in [0.3, 0.4) is 0 Å². The van der Waals surface area contributed by atoms with E-state index in [-0.39, 0.29) is 11.4 Å². The summed E-state index contributed by atoms with van der Waals surface area (Å²) in [7, 11) is 1.56. The van der Waals surface area contributed by atoms with Crippen molar-refractivity contribution < 1.29 is 19.4 Å². The maximum absolute atomic E-state index is 11.5. The molecule has 0 saturated carbocycles. The van der Waals surface area contributed by atoms with Crippen LogP contribution in [0.25, 0.3) is 0 Å². The zero-order valence-electron chi connectivity index (χ0n) is 12.5. The van der Waals surface area contributed by atoms with Crippen molar-refractivity contribution >= 4 is 17.7 Å². The largest absolute Gasteiger partial charge is 0.480 e. The number of primary amides is 1. The summed E-state index contributed by atoms with van der Waals surface area (Å²) in [6.45, 7) is 3.97. The highest BCUT2D eigenvalue weighted by atomic mass is 16.5. The third-order valence-corrected chi connectivity index (χ3v) is 3.04. The number of nitrogens with one attached hydrogen (secondary N) is 1. The van der Waals surface area contributed by atoms with E-state index in [0.717, 1.165) is 0 Å². The van der Waals surface area contributed by atoms with Gasteiger partial charge in [-0.1, -0.05) is 0 Å². The van der Waals surface area contributed by atoms with E-state index in [1.807, 2.05) is 0 Å². The topological polar surface area (TPSA) is 115 Å². The number of methoxy groups -OCH3 is 1. The van der Waals surface area contributed by atoms with Crippen LogP contribution in [-0.4, -0.2) is 41.7 Å². The van der Waals surface area contributed by atoms with Gasteiger partial charge in [-0.15, -0.1) is 0 Å². The van der Waals surface area contributed by atoms with Crippen molar-refractivity contribution in [1.29, 1.82) is 0 Å². The average Bonchev–Trinajstić information content (AvgIpc) is 2.36. The Bertz CT molecular complexity index is 531. The van der Waals surface area contributed by atoms with E-state index in [4.69, 9.17) is 10.5 Å². The molecule has 0 aliphatic rings. The van der Waals surface area contributed by atoms with E-state index in [2.05, 4.69) is 10.3 Å². The molecule has 21 heavy (non-hydrogen) atoms. The third kappa shape index (κ3) is 4.71. The van der Waals surface area contributed by atoms with Gasteiger partial charge in [0.2, 0.25) is 0 Å². The van der Waals surface area contributed by atoms with Gasteiger partial charge in [-0.05, 0) is 38.3 Å². The molecule has 4 N–H and O–H groups in total. The standard InChI is InChI=1S/C14H21N3O4/c1-8-7-9(2)16-13(11(8)12(15)18)17-10(14(19)20)5-4-6-21-3/h7,10H,4-6H2,1-3H3,(H2,15,18)(H,16,17)(H,19,20). The molecule has 1 aromatic rings. The number of hydrogen-bond acceptors (Lipinski definition) is 5. The lowest BCUT2D eigenvalue weighted by Gasteiger charge is -2.18. The zero-order chi connectivity index (χ0) is 16.0. The number of nitrogens with two attached hydrogens (primary N) is 1. The van der Waals surface area contributed by atoms with Crippen LogP contribution in [0.1, 0.15) is 34.5 Å². The highest BCUT2D eigenvalue weighted by Crippen LogP contribution is 2.20. The van der Waals surface area contributed by atoms with Crippen LogP contribution in [0.5, 0.6) is 0 Å². The molecular formula is C14H21N3O4. The molecule has 1 atom stereocenters. The fraction of sp³-hybridized carbons (Fsp3) is 0.500. The van der Waals surface area contributed by atoms with Crippen LogP contribution in [0.15, 0.2) is 6.07 Å². The third-order valence-electron chi connectivity index (χ3n) is 3.04. The summed E-state index contributed by atoms with van der Waals surface area (Å²) in [6, 6.07) is 0.873. The van der Waals surface area contributed by atoms with Crippen molar-refractivity contribution in [2.45, 2.75) is 32.7 Å². The number of carbonyl (C=O) groups excluding carboxylic acids is 1. The number of rotatable bonds is 8. The van der Waals surface area contributed by atoms with Gasteiger partial charge in [-0.2, -0.15) is 0 Å². The number of pyridine rings is 1. The predicted molar refractivity (Wildman–Crippen MR) is 78.4 cm³/mol. The molecule has 7 heteroatoms. The number of carboxylic acid groups (broad SMARTS) is 1. The van der Waals surface area contributed by atoms with Crippen LogP contribution < -0.4 is 11.1 Å². The molecule has 0 bridgehead atoms. The van der Waals surface area contributed by atoms with Crippen LogP contribution in [0.2, 0.25) is 0 Å². The molecule has 0 aliphatic heterocycles. The van der Waals surface area contributed by atoms with E-state index in [0.29, 0.717) is 30.7 Å². The number of aromatic nitrogens is 1. The maximum Gasteiger partial charge on any atom is 0.326 e. The van der Waals surface area contributed by atoms with E-state index < -0.39 is 17.9 Å². The van der Waals surface area contributed by atoms with E-state index in [9.17, 15) is 14.7 Å². The van der Waals surface area contributed by atoms with Gasteiger partial charge in [0.15, 0.2) is 0 Å². The summed E-state index contributed by atoms with van der Waals surface area (Å²) in [5, 5.41) is 12.1. The number of nitrogens with zero attached hydrogens (tertiary/aromatic N) is 1. The minimum absolute atomic E-state index is 0.213. The molecule has 0 fully saturated rings. The monoisotopic (exact) mass is 295 g/mol. The predicted octanol–water partition coefficient (Wildman–Crippen LogP) is 1.09. The number of ether oxygens (including phenoxy) is 1. The number of anilines is 1. The lowest BCUT2D eigenvalue weighted by Crippen LogP contribution is -2.31. The Morgan fingerprint density at radius 3 is 2.67 bits per heavy atom. The summed E-state index contributed by atoms with van der Waals surface area (Å²) in [4.78, 5) is 27.0. The van der Waals surface area contributed by atoms with Gasteiger partial charge >= 0.3 is 5.97 Å². The normalized spacial score (nSPS) is 12.0. The molecule has 1 unspecified atom stereocenters. The summed E-state index contributed by atoms with van der Waals surface area (Å²) in [5.74, 6) is -1.43. The molecule has 1 heterocycles. The SMILES string of the molecule is COCCCC(Nc1nc(C)cc(C)c1C(N)=O)C(=O)O. The molecular weight excluding hydrogens is 274 g/mol. The molecule has 0 spiro atoms. The lowest BCUT2D eigenvalue weighted by molar-refractivity contribution is -0.138. The van der Waals surface area contributed by atoms with Gasteiger partial charge < -0.3 is 20.9 Å². The fourth-order valence-electron chi connectivity index (χ4n) is 2.11. The summed E-state index contributed by atoms with van der Waals surface area (Å²) in [5.41, 5.74) is 6.92. The Labute approximate surface area is 123 Å². The van der Waals surface area contributed by atoms with Crippen molar-refractivity contribution in [3.63, 3.8) is 0 Å². The molecule has 1 aromatic heterocycles. The Morgan fingerprint density at radius 1 is 1.48 bits per heavy atom. The second kappa shape index (κ2) is 7.58. The van der Waals surface area contributed by atoms with Gasteiger partial charge in [0.05, 0.1) is 5.56 Å². The molecule has 0 aromatic carbocycles. The summed E-state index contributed by atoms with van der Waals surface area (Å²) >= 11 is 0. The van der Waals surface area contributed by atoms with Crippen molar-refractivity contribution in [3.8, 4) is 0 Å². The molecule has 0 saturated heterocycles. The van der Waals surface area contributed by atoms with Crippen molar-refractivity contribution in [1.82, 2.24) is 4.98 Å². The van der Waals surface area contributed by atoms with Crippen molar-refractivity contribution in [2.75, 3.05) is 19.0 Å². The van der Waals surface area contributed by atoms with Crippen molar-refractivity contribution in [2.24, 2.45) is 5.73 Å². The molecule has 1 amide bonds. The van der Waals surface area contributed by atoms with E-state index in [1.165, 1.54) is 0 Å². The van der Waals surface area contributed by atoms with Gasteiger partial charge in [0.1, 0.15) is 11.9 Å². The molecule has 1 rings (SSSR count). The number of hydrogen-bond donors (Lipinski definition) is 3. The smallest absolute Gasteiger partial charge is 0.326 e. The number of carboxylic acids is 1. The van der Waals surface area contributed by atoms with E-state index >= 15 is 0 Å². The van der Waals surface area contributed by atoms with Gasteiger partial charge in [-0.3, -0.25) is 4.79 Å². The van der Waals surface area contributed by atoms with Gasteiger partial charge in [0.25, 0.3) is 5.91 Å². The number of aliphatic carboxylic acids is 1. The second-order valence-corrected chi connectivity index (χ2v) is 4.84. The molecule has 116 valence electrons. The zero-order valence-corrected chi connectivity index (χ0v) is 12.5. The van der Waals surface area contributed by atoms with Crippen molar-refractivity contribution in [3.05, 3.63) is 22.9 Å². The maximum atomic E-state index is 11.5. The van der Waals surface area contributed by atoms with E-state index in [1.54, 1.807) is 27.0 Å². The summed E-state index contributed by atoms with van der Waals surface area (Å²) < 4.78 is 4.91. The van der Waals surface area contributed by atoms with Crippen LogP contribution in [-0.2, 0) is 9.53 Å². The minimum atomic E-state index is -1.01. The highest BCUT2D eigenvalue weighted by Gasteiger charge is 2.21. The first kappa shape index (κ1) is 16.9. The Morgan fingerprint density at radius 2 is 2.14 bits per heavy atom. The Balaban J connectivity index is 3.02. The first-order valence-corrected chi connectivity index (χ1v) is 6.63. The number of amides is 1. The van der Waals surface area contributed by atoms with Gasteiger partial charge in [-0.25, -0.2) is 9.78 Å².